The van der Waals surface area contributed by atoms with Gasteiger partial charge in [0.1, 0.15) is 17.2 Å². The number of esters is 1. The molecule has 1 heterocycles. The average molecular weight is 647 g/mol. The summed E-state index contributed by atoms with van der Waals surface area (Å²) in [5.74, 6) is -1.47. The maximum Gasteiger partial charge on any atom is 0.408 e. The van der Waals surface area contributed by atoms with Crippen molar-refractivity contribution >= 4 is 29.3 Å². The first-order valence-corrected chi connectivity index (χ1v) is 15.5. The third-order valence-electron chi connectivity index (χ3n) is 6.96. The zero-order valence-electron chi connectivity index (χ0n) is 28.5. The van der Waals surface area contributed by atoms with E-state index in [2.05, 4.69) is 15.6 Å². The van der Waals surface area contributed by atoms with Gasteiger partial charge in [0.05, 0.1) is 31.8 Å². The van der Waals surface area contributed by atoms with Gasteiger partial charge in [-0.2, -0.15) is 0 Å². The lowest BCUT2D eigenvalue weighted by atomic mass is 10.0. The lowest BCUT2D eigenvalue weighted by Crippen LogP contribution is -2.59. The molecule has 0 spiro atoms. The number of alkyl carbamates (subject to hydrolysis) is 1. The molecule has 11 heteroatoms. The number of nitrogens with one attached hydrogen (secondary N) is 2. The van der Waals surface area contributed by atoms with E-state index in [0.717, 1.165) is 16.7 Å². The van der Waals surface area contributed by atoms with Crippen molar-refractivity contribution in [1.29, 1.82) is 0 Å². The maximum absolute atomic E-state index is 13.6. The normalized spacial score (nSPS) is 13.3. The number of hydrogen-bond donors (Lipinski definition) is 2. The Balaban J connectivity index is 1.84. The summed E-state index contributed by atoms with van der Waals surface area (Å²) in [6.07, 6.45) is 3.81. The molecule has 2 amide bonds. The summed E-state index contributed by atoms with van der Waals surface area (Å²) in [6, 6.07) is 15.2. The monoisotopic (exact) mass is 646 g/mol. The Bertz CT molecular complexity index is 1570. The fourth-order valence-electron chi connectivity index (χ4n) is 4.58. The number of aryl methyl sites for hydroxylation is 1. The number of allylic oxidation sites excluding steroid dienone is 1. The Morgan fingerprint density at radius 2 is 1.70 bits per heavy atom. The molecule has 1 unspecified atom stereocenters. The van der Waals surface area contributed by atoms with E-state index in [1.54, 1.807) is 45.4 Å². The largest absolute Gasteiger partial charge is 0.464 e. The van der Waals surface area contributed by atoms with E-state index in [-0.39, 0.29) is 19.8 Å². The van der Waals surface area contributed by atoms with E-state index < -0.39 is 47.0 Å². The minimum atomic E-state index is -1.41. The van der Waals surface area contributed by atoms with Crippen molar-refractivity contribution in [3.05, 3.63) is 95.6 Å². The molecule has 3 aromatic rings. The van der Waals surface area contributed by atoms with Gasteiger partial charge < -0.3 is 29.4 Å². The molecular weight excluding hydrogens is 600 g/mol. The van der Waals surface area contributed by atoms with Gasteiger partial charge in [-0.05, 0) is 78.2 Å². The molecule has 2 atom stereocenters. The maximum atomic E-state index is 13.6. The summed E-state index contributed by atoms with van der Waals surface area (Å²) in [6.45, 7) is 13.9. The molecule has 0 bridgehead atoms. The molecule has 0 aliphatic rings. The molecule has 0 radical (unpaired) electrons. The van der Waals surface area contributed by atoms with Crippen LogP contribution in [0.15, 0.2) is 73.2 Å². The first-order valence-electron chi connectivity index (χ1n) is 15.5. The van der Waals surface area contributed by atoms with Crippen molar-refractivity contribution in [2.75, 3.05) is 13.2 Å². The highest BCUT2D eigenvalue weighted by atomic mass is 16.6. The highest BCUT2D eigenvalue weighted by Gasteiger charge is 2.34. The van der Waals surface area contributed by atoms with Crippen LogP contribution in [0, 0.1) is 6.92 Å². The van der Waals surface area contributed by atoms with Gasteiger partial charge in [-0.25, -0.2) is 14.6 Å². The van der Waals surface area contributed by atoms with Crippen molar-refractivity contribution in [1.82, 2.24) is 20.2 Å². The van der Waals surface area contributed by atoms with Crippen molar-refractivity contribution in [3.63, 3.8) is 0 Å². The molecule has 11 nitrogen and oxygen atoms in total. The van der Waals surface area contributed by atoms with Gasteiger partial charge >= 0.3 is 12.1 Å². The first kappa shape index (κ1) is 36.7. The number of nitrogens with zero attached hydrogens (tertiary/aromatic N) is 2. The summed E-state index contributed by atoms with van der Waals surface area (Å²) < 4.78 is 18.2. The number of imidazole rings is 1. The van der Waals surface area contributed by atoms with Crippen molar-refractivity contribution < 1.29 is 33.4 Å². The predicted octanol–water partition coefficient (Wildman–Crippen LogP) is 5.32. The van der Waals surface area contributed by atoms with Gasteiger partial charge in [-0.1, -0.05) is 60.2 Å². The Hall–Kier alpha value is -4.77. The third-order valence-corrected chi connectivity index (χ3v) is 6.96. The highest BCUT2D eigenvalue weighted by Crippen LogP contribution is 2.23. The number of benzene rings is 2. The van der Waals surface area contributed by atoms with Crippen LogP contribution in [0.25, 0.3) is 5.57 Å². The number of rotatable bonds is 14. The minimum Gasteiger partial charge on any atom is -0.464 e. The summed E-state index contributed by atoms with van der Waals surface area (Å²) in [5.41, 5.74) is 1.44. The Morgan fingerprint density at radius 3 is 2.34 bits per heavy atom. The molecule has 252 valence electrons. The van der Waals surface area contributed by atoms with Gasteiger partial charge in [-0.3, -0.25) is 9.59 Å². The smallest absolute Gasteiger partial charge is 0.408 e. The molecule has 0 fully saturated rings. The third kappa shape index (κ3) is 11.2. The van der Waals surface area contributed by atoms with Gasteiger partial charge in [0.25, 0.3) is 0 Å². The summed E-state index contributed by atoms with van der Waals surface area (Å²) in [7, 11) is 0. The number of ether oxygens (including phenoxy) is 3. The molecule has 0 saturated heterocycles. The summed E-state index contributed by atoms with van der Waals surface area (Å²) in [5, 5.41) is 5.29. The van der Waals surface area contributed by atoms with Crippen LogP contribution in [0.3, 0.4) is 0 Å². The van der Waals surface area contributed by atoms with Crippen LogP contribution in [-0.4, -0.2) is 63.7 Å². The van der Waals surface area contributed by atoms with Crippen LogP contribution >= 0.6 is 0 Å². The van der Waals surface area contributed by atoms with Crippen LogP contribution in [0.4, 0.5) is 4.79 Å². The lowest BCUT2D eigenvalue weighted by molar-refractivity contribution is -0.145. The molecule has 0 aliphatic heterocycles. The van der Waals surface area contributed by atoms with Crippen LogP contribution in [-0.2, 0) is 35.2 Å². The second kappa shape index (κ2) is 16.2. The zero-order valence-corrected chi connectivity index (χ0v) is 28.5. The lowest BCUT2D eigenvalue weighted by Gasteiger charge is -2.29. The Morgan fingerprint density at radius 1 is 1.00 bits per heavy atom. The van der Waals surface area contributed by atoms with Gasteiger partial charge in [0.2, 0.25) is 5.91 Å². The molecule has 1 aromatic heterocycles. The van der Waals surface area contributed by atoms with Crippen LogP contribution in [0.2, 0.25) is 0 Å². The second-order valence-corrected chi connectivity index (χ2v) is 12.8. The molecule has 2 N–H and O–H groups in total. The molecule has 47 heavy (non-hydrogen) atoms. The SMILES string of the molecule is CCOC(=O)C(c1cccc(C)c1)n1cnc(C(C)=CC(=O)[C@@H](COCc2ccccc2)NC(=O)C(C)(C)NC(=O)OC(C)(C)C)c1. The van der Waals surface area contributed by atoms with E-state index in [0.29, 0.717) is 11.3 Å². The quantitative estimate of drug-likeness (QED) is 0.177. The van der Waals surface area contributed by atoms with Gasteiger partial charge in [0, 0.05) is 6.20 Å². The van der Waals surface area contributed by atoms with Crippen LogP contribution in [0.1, 0.15) is 76.9 Å². The number of carbonyl (C=O) groups excluding carboxylic acids is 4. The Kier molecular flexibility index (Phi) is 12.6. The molecule has 0 saturated carbocycles. The summed E-state index contributed by atoms with van der Waals surface area (Å²) >= 11 is 0. The van der Waals surface area contributed by atoms with Crippen LogP contribution in [0.5, 0.6) is 0 Å². The first-order chi connectivity index (χ1) is 22.1. The number of hydrogen-bond acceptors (Lipinski definition) is 8. The highest BCUT2D eigenvalue weighted by molar-refractivity contribution is 6.02. The molecule has 3 rings (SSSR count). The number of carbonyl (C=O) groups is 4. The molecule has 0 aliphatic carbocycles. The number of aromatic nitrogens is 2. The summed E-state index contributed by atoms with van der Waals surface area (Å²) in [4.78, 5) is 56.9. The zero-order chi connectivity index (χ0) is 34.8. The fraction of sp³-hybridized carbons (Fsp3) is 0.417. The fourth-order valence-corrected chi connectivity index (χ4v) is 4.58. The van der Waals surface area contributed by atoms with E-state index in [1.807, 2.05) is 61.5 Å². The van der Waals surface area contributed by atoms with Gasteiger partial charge in [0.15, 0.2) is 11.8 Å². The molecule has 2 aromatic carbocycles. The van der Waals surface area contributed by atoms with Crippen molar-refractivity contribution in [2.24, 2.45) is 0 Å². The molecular formula is C36H46N4O7. The van der Waals surface area contributed by atoms with E-state index in [9.17, 15) is 19.2 Å². The Labute approximate surface area is 276 Å². The topological polar surface area (TPSA) is 138 Å². The standard InChI is InChI=1S/C36H46N4O7/c1-9-46-32(42)31(27-17-13-14-24(2)18-27)40-20-28(37-23-40)25(3)19-30(41)29(22-45-21-26-15-11-10-12-16-26)38-33(43)36(7,8)39-34(44)47-35(4,5)6/h10-20,23,29,31H,9,21-22H2,1-8H3,(H,38,43)(H,39,44)/t29-,31?/m1/s1. The average Bonchev–Trinajstić information content (AvgIpc) is 3.46. The van der Waals surface area contributed by atoms with E-state index in [4.69, 9.17) is 14.2 Å². The number of ketones is 1. The van der Waals surface area contributed by atoms with E-state index in [1.165, 1.54) is 26.3 Å². The number of amides is 2. The predicted molar refractivity (Wildman–Crippen MR) is 178 cm³/mol. The van der Waals surface area contributed by atoms with Crippen molar-refractivity contribution in [3.8, 4) is 0 Å². The van der Waals surface area contributed by atoms with E-state index >= 15 is 0 Å². The van der Waals surface area contributed by atoms with Crippen LogP contribution < -0.4 is 10.6 Å². The second-order valence-electron chi connectivity index (χ2n) is 12.8. The minimum absolute atomic E-state index is 0.126. The van der Waals surface area contributed by atoms with Crippen molar-refractivity contribution in [2.45, 2.75) is 85.2 Å². The van der Waals surface area contributed by atoms with Gasteiger partial charge in [-0.15, -0.1) is 0 Å².